The van der Waals surface area contributed by atoms with Gasteiger partial charge in [-0.15, -0.1) is 0 Å². The van der Waals surface area contributed by atoms with E-state index in [1.54, 1.807) is 25.1 Å². The van der Waals surface area contributed by atoms with Crippen LogP contribution in [0.25, 0.3) is 0 Å². The Labute approximate surface area is 124 Å². The SMILES string of the molecule is CCC[C@H](N)CNC(=O)[C@@H](C)c1c(Cl)cccc1Cl. The van der Waals surface area contributed by atoms with Gasteiger partial charge in [-0.1, -0.05) is 42.6 Å². The van der Waals surface area contributed by atoms with E-state index in [9.17, 15) is 4.79 Å². The maximum atomic E-state index is 12.1. The van der Waals surface area contributed by atoms with E-state index in [0.717, 1.165) is 12.8 Å². The summed E-state index contributed by atoms with van der Waals surface area (Å²) in [6.45, 7) is 4.32. The zero-order valence-corrected chi connectivity index (χ0v) is 12.8. The first kappa shape index (κ1) is 16.3. The van der Waals surface area contributed by atoms with Crippen LogP contribution in [0.5, 0.6) is 0 Å². The molecule has 2 atom stereocenters. The quantitative estimate of drug-likeness (QED) is 0.847. The van der Waals surface area contributed by atoms with Crippen LogP contribution in [-0.2, 0) is 4.79 Å². The fourth-order valence-corrected chi connectivity index (χ4v) is 2.64. The van der Waals surface area contributed by atoms with Crippen LogP contribution in [0.2, 0.25) is 10.0 Å². The van der Waals surface area contributed by atoms with E-state index in [0.29, 0.717) is 22.2 Å². The lowest BCUT2D eigenvalue weighted by atomic mass is 10.00. The van der Waals surface area contributed by atoms with Crippen molar-refractivity contribution in [1.82, 2.24) is 5.32 Å². The normalized spacial score (nSPS) is 13.9. The predicted molar refractivity (Wildman–Crippen MR) is 80.8 cm³/mol. The Morgan fingerprint density at radius 2 is 1.95 bits per heavy atom. The Morgan fingerprint density at radius 1 is 1.37 bits per heavy atom. The van der Waals surface area contributed by atoms with Crippen molar-refractivity contribution in [2.45, 2.75) is 38.6 Å². The number of carbonyl (C=O) groups is 1. The van der Waals surface area contributed by atoms with Gasteiger partial charge in [-0.25, -0.2) is 0 Å². The second-order valence-corrected chi connectivity index (χ2v) is 5.47. The number of nitrogens with two attached hydrogens (primary N) is 1. The van der Waals surface area contributed by atoms with E-state index in [2.05, 4.69) is 12.2 Å². The van der Waals surface area contributed by atoms with Crippen molar-refractivity contribution in [2.75, 3.05) is 6.54 Å². The lowest BCUT2D eigenvalue weighted by Crippen LogP contribution is -2.38. The third-order valence-corrected chi connectivity index (χ3v) is 3.68. The van der Waals surface area contributed by atoms with E-state index >= 15 is 0 Å². The fraction of sp³-hybridized carbons (Fsp3) is 0.500. The predicted octanol–water partition coefficient (Wildman–Crippen LogP) is 3.34. The van der Waals surface area contributed by atoms with E-state index < -0.39 is 5.92 Å². The van der Waals surface area contributed by atoms with Crippen molar-refractivity contribution in [2.24, 2.45) is 5.73 Å². The van der Waals surface area contributed by atoms with E-state index in [1.807, 2.05) is 0 Å². The van der Waals surface area contributed by atoms with Gasteiger partial charge in [0.1, 0.15) is 0 Å². The molecule has 0 bridgehead atoms. The molecule has 0 fully saturated rings. The standard InChI is InChI=1S/C14H20Cl2N2O/c1-3-5-10(17)8-18-14(19)9(2)13-11(15)6-4-7-12(13)16/h4,6-7,9-10H,3,5,8,17H2,1-2H3,(H,18,19)/t9-,10-/m0/s1. The number of nitrogens with one attached hydrogen (secondary N) is 1. The number of halogens is 2. The van der Waals surface area contributed by atoms with Crippen LogP contribution in [0.1, 0.15) is 38.2 Å². The van der Waals surface area contributed by atoms with Crippen molar-refractivity contribution >= 4 is 29.1 Å². The first-order chi connectivity index (χ1) is 8.97. The Bertz CT molecular complexity index is 417. The molecule has 0 aliphatic rings. The Hall–Kier alpha value is -0.770. The minimum atomic E-state index is -0.393. The molecule has 0 spiro atoms. The number of rotatable bonds is 6. The summed E-state index contributed by atoms with van der Waals surface area (Å²) in [4.78, 5) is 12.1. The van der Waals surface area contributed by atoms with Crippen molar-refractivity contribution in [1.29, 1.82) is 0 Å². The molecule has 3 nitrogen and oxygen atoms in total. The van der Waals surface area contributed by atoms with Crippen molar-refractivity contribution < 1.29 is 4.79 Å². The number of hydrogen-bond donors (Lipinski definition) is 2. The Morgan fingerprint density at radius 3 is 2.47 bits per heavy atom. The molecule has 0 radical (unpaired) electrons. The Kier molecular flexibility index (Phi) is 6.63. The van der Waals surface area contributed by atoms with E-state index in [-0.39, 0.29) is 11.9 Å². The highest BCUT2D eigenvalue weighted by Gasteiger charge is 2.20. The summed E-state index contributed by atoms with van der Waals surface area (Å²) in [6.07, 6.45) is 1.89. The van der Waals surface area contributed by atoms with Crippen LogP contribution in [0.4, 0.5) is 0 Å². The van der Waals surface area contributed by atoms with Gasteiger partial charge in [0.15, 0.2) is 0 Å². The van der Waals surface area contributed by atoms with Crippen LogP contribution in [0.15, 0.2) is 18.2 Å². The smallest absolute Gasteiger partial charge is 0.227 e. The van der Waals surface area contributed by atoms with E-state index in [1.165, 1.54) is 0 Å². The van der Waals surface area contributed by atoms with Crippen LogP contribution in [0, 0.1) is 0 Å². The van der Waals surface area contributed by atoms with Gasteiger partial charge in [0.25, 0.3) is 0 Å². The third-order valence-electron chi connectivity index (χ3n) is 3.02. The molecule has 0 unspecified atom stereocenters. The summed E-state index contributed by atoms with van der Waals surface area (Å²) in [5, 5.41) is 3.85. The first-order valence-electron chi connectivity index (χ1n) is 6.44. The second kappa shape index (κ2) is 7.73. The molecule has 3 N–H and O–H groups in total. The van der Waals surface area contributed by atoms with Gasteiger partial charge in [0, 0.05) is 28.2 Å². The lowest BCUT2D eigenvalue weighted by molar-refractivity contribution is -0.122. The lowest BCUT2D eigenvalue weighted by Gasteiger charge is -2.17. The molecule has 0 aliphatic carbocycles. The van der Waals surface area contributed by atoms with E-state index in [4.69, 9.17) is 28.9 Å². The molecule has 5 heteroatoms. The average molecular weight is 303 g/mol. The van der Waals surface area contributed by atoms with Gasteiger partial charge < -0.3 is 11.1 Å². The molecule has 1 rings (SSSR count). The fourth-order valence-electron chi connectivity index (χ4n) is 1.91. The summed E-state index contributed by atoms with van der Waals surface area (Å²) >= 11 is 12.2. The summed E-state index contributed by atoms with van der Waals surface area (Å²) < 4.78 is 0. The van der Waals surface area contributed by atoms with Gasteiger partial charge in [-0.2, -0.15) is 0 Å². The maximum absolute atomic E-state index is 12.1. The number of hydrogen-bond acceptors (Lipinski definition) is 2. The molecule has 19 heavy (non-hydrogen) atoms. The maximum Gasteiger partial charge on any atom is 0.227 e. The van der Waals surface area contributed by atoms with Crippen molar-refractivity contribution in [3.8, 4) is 0 Å². The first-order valence-corrected chi connectivity index (χ1v) is 7.20. The molecular formula is C14H20Cl2N2O. The van der Waals surface area contributed by atoms with Gasteiger partial charge in [0.2, 0.25) is 5.91 Å². The third kappa shape index (κ3) is 4.68. The minimum Gasteiger partial charge on any atom is -0.354 e. The molecule has 1 aromatic carbocycles. The van der Waals surface area contributed by atoms with Crippen LogP contribution >= 0.6 is 23.2 Å². The van der Waals surface area contributed by atoms with Crippen molar-refractivity contribution in [3.05, 3.63) is 33.8 Å². The topological polar surface area (TPSA) is 55.1 Å². The molecule has 1 amide bonds. The van der Waals surface area contributed by atoms with Gasteiger partial charge >= 0.3 is 0 Å². The highest BCUT2D eigenvalue weighted by atomic mass is 35.5. The van der Waals surface area contributed by atoms with Crippen LogP contribution in [0.3, 0.4) is 0 Å². The summed E-state index contributed by atoms with van der Waals surface area (Å²) in [5.41, 5.74) is 6.52. The highest BCUT2D eigenvalue weighted by Crippen LogP contribution is 2.31. The molecule has 0 aliphatic heterocycles. The molecule has 0 saturated heterocycles. The number of carbonyl (C=O) groups excluding carboxylic acids is 1. The molecule has 0 heterocycles. The zero-order valence-electron chi connectivity index (χ0n) is 11.2. The molecule has 0 aromatic heterocycles. The summed E-state index contributed by atoms with van der Waals surface area (Å²) in [7, 11) is 0. The van der Waals surface area contributed by atoms with Crippen LogP contribution < -0.4 is 11.1 Å². The van der Waals surface area contributed by atoms with Crippen LogP contribution in [-0.4, -0.2) is 18.5 Å². The molecule has 1 aromatic rings. The number of amides is 1. The Balaban J connectivity index is 2.67. The summed E-state index contributed by atoms with van der Waals surface area (Å²) in [5.74, 6) is -0.503. The summed E-state index contributed by atoms with van der Waals surface area (Å²) in [6, 6.07) is 5.21. The van der Waals surface area contributed by atoms with Gasteiger partial charge in [-0.3, -0.25) is 4.79 Å². The molecule has 106 valence electrons. The molecular weight excluding hydrogens is 283 g/mol. The monoisotopic (exact) mass is 302 g/mol. The van der Waals surface area contributed by atoms with Gasteiger partial charge in [0.05, 0.1) is 5.92 Å². The highest BCUT2D eigenvalue weighted by molar-refractivity contribution is 6.36. The minimum absolute atomic E-state index is 0.0112. The largest absolute Gasteiger partial charge is 0.354 e. The van der Waals surface area contributed by atoms with Crippen molar-refractivity contribution in [3.63, 3.8) is 0 Å². The number of benzene rings is 1. The molecule has 0 saturated carbocycles. The zero-order chi connectivity index (χ0) is 14.4. The second-order valence-electron chi connectivity index (χ2n) is 4.65. The van der Waals surface area contributed by atoms with Gasteiger partial charge in [-0.05, 0) is 25.5 Å². The average Bonchev–Trinajstić information content (AvgIpc) is 2.36.